The first kappa shape index (κ1) is 13.6. The van der Waals surface area contributed by atoms with E-state index in [1.807, 2.05) is 36.4 Å². The lowest BCUT2D eigenvalue weighted by Gasteiger charge is -2.11. The van der Waals surface area contributed by atoms with E-state index in [0.29, 0.717) is 21.7 Å². The molecule has 3 aromatic rings. The van der Waals surface area contributed by atoms with Gasteiger partial charge in [-0.25, -0.2) is 4.98 Å². The molecule has 0 fully saturated rings. The molecule has 0 N–H and O–H groups in total. The molecule has 1 aromatic heterocycles. The molecule has 104 valence electrons. The van der Waals surface area contributed by atoms with Gasteiger partial charge in [0, 0.05) is 6.92 Å². The summed E-state index contributed by atoms with van der Waals surface area (Å²) in [7, 11) is 0. The molecule has 5 heteroatoms. The molecule has 0 aliphatic carbocycles. The van der Waals surface area contributed by atoms with Crippen LogP contribution in [0.4, 0.5) is 0 Å². The number of carbonyl (C=O) groups excluding carboxylic acids is 1. The summed E-state index contributed by atoms with van der Waals surface area (Å²) in [5, 5.41) is 0.813. The molecule has 0 aliphatic heterocycles. The molecule has 0 radical (unpaired) electrons. The fourth-order valence-electron chi connectivity index (χ4n) is 2.11. The second-order valence-corrected chi connectivity index (χ2v) is 5.63. The molecule has 0 unspecified atom stereocenters. The molecule has 0 atom stereocenters. The number of rotatable bonds is 2. The zero-order valence-corrected chi connectivity index (χ0v) is 12.1. The number of hydrogen-bond donors (Lipinski definition) is 0. The lowest BCUT2D eigenvalue weighted by molar-refractivity contribution is -0.109. The van der Waals surface area contributed by atoms with Gasteiger partial charge in [-0.2, -0.15) is 0 Å². The minimum absolute atomic E-state index is 0.109. The first-order chi connectivity index (χ1) is 10.2. The van der Waals surface area contributed by atoms with E-state index in [1.54, 1.807) is 18.2 Å². The summed E-state index contributed by atoms with van der Waals surface area (Å²) in [4.78, 5) is 28.6. The minimum atomic E-state index is -0.171. The highest BCUT2D eigenvalue weighted by atomic mass is 32.2. The zero-order valence-electron chi connectivity index (χ0n) is 11.3. The SMILES string of the molecule is CC(=O)Sc1nc2ccccc2c(=O)n1-c1ccccc1. The van der Waals surface area contributed by atoms with Crippen LogP contribution in [0.2, 0.25) is 0 Å². The van der Waals surface area contributed by atoms with Gasteiger partial charge in [-0.3, -0.25) is 14.2 Å². The molecular weight excluding hydrogens is 284 g/mol. The second kappa shape index (κ2) is 5.54. The summed E-state index contributed by atoms with van der Waals surface area (Å²) in [6.45, 7) is 1.46. The van der Waals surface area contributed by atoms with Crippen LogP contribution in [0.5, 0.6) is 0 Å². The molecule has 2 aromatic carbocycles. The number of para-hydroxylation sites is 2. The van der Waals surface area contributed by atoms with Crippen molar-refractivity contribution in [1.82, 2.24) is 9.55 Å². The van der Waals surface area contributed by atoms with E-state index in [2.05, 4.69) is 4.98 Å². The topological polar surface area (TPSA) is 52.0 Å². The van der Waals surface area contributed by atoms with E-state index < -0.39 is 0 Å². The Morgan fingerprint density at radius 2 is 1.71 bits per heavy atom. The molecule has 0 aliphatic rings. The fraction of sp³-hybridized carbons (Fsp3) is 0.0625. The molecule has 0 bridgehead atoms. The van der Waals surface area contributed by atoms with Crippen LogP contribution in [0, 0.1) is 0 Å². The number of aromatic nitrogens is 2. The lowest BCUT2D eigenvalue weighted by atomic mass is 10.2. The minimum Gasteiger partial charge on any atom is -0.287 e. The number of thioether (sulfide) groups is 1. The van der Waals surface area contributed by atoms with Crippen molar-refractivity contribution in [2.24, 2.45) is 0 Å². The Balaban J connectivity index is 2.37. The van der Waals surface area contributed by atoms with Crippen molar-refractivity contribution < 1.29 is 4.79 Å². The predicted octanol–water partition coefficient (Wildman–Crippen LogP) is 3.02. The quantitative estimate of drug-likeness (QED) is 0.539. The van der Waals surface area contributed by atoms with Crippen molar-refractivity contribution in [3.8, 4) is 5.69 Å². The largest absolute Gasteiger partial charge is 0.287 e. The van der Waals surface area contributed by atoms with Crippen LogP contribution in [0.15, 0.2) is 64.5 Å². The highest BCUT2D eigenvalue weighted by Crippen LogP contribution is 2.21. The second-order valence-electron chi connectivity index (χ2n) is 4.48. The maximum Gasteiger partial charge on any atom is 0.266 e. The Morgan fingerprint density at radius 1 is 1.05 bits per heavy atom. The summed E-state index contributed by atoms with van der Waals surface area (Å²) >= 11 is 0.962. The Hall–Kier alpha value is -2.40. The van der Waals surface area contributed by atoms with Crippen LogP contribution in [-0.2, 0) is 4.79 Å². The van der Waals surface area contributed by atoms with Gasteiger partial charge in [-0.15, -0.1) is 0 Å². The molecule has 4 nitrogen and oxygen atoms in total. The van der Waals surface area contributed by atoms with E-state index in [0.717, 1.165) is 11.8 Å². The average Bonchev–Trinajstić information content (AvgIpc) is 2.48. The van der Waals surface area contributed by atoms with Crippen LogP contribution >= 0.6 is 11.8 Å². The van der Waals surface area contributed by atoms with Gasteiger partial charge in [0.1, 0.15) is 0 Å². The Kier molecular flexibility index (Phi) is 3.58. The number of benzene rings is 2. The maximum absolute atomic E-state index is 12.7. The van der Waals surface area contributed by atoms with E-state index in [1.165, 1.54) is 11.5 Å². The Bertz CT molecular complexity index is 872. The number of carbonyl (C=O) groups is 1. The van der Waals surface area contributed by atoms with Gasteiger partial charge in [-0.1, -0.05) is 30.3 Å². The highest BCUT2D eigenvalue weighted by molar-refractivity contribution is 8.13. The third-order valence-corrected chi connectivity index (χ3v) is 3.74. The summed E-state index contributed by atoms with van der Waals surface area (Å²) in [5.74, 6) is 0. The molecule has 21 heavy (non-hydrogen) atoms. The van der Waals surface area contributed by atoms with Gasteiger partial charge < -0.3 is 0 Å². The summed E-state index contributed by atoms with van der Waals surface area (Å²) in [5.41, 5.74) is 1.12. The molecular formula is C16H12N2O2S. The monoisotopic (exact) mass is 296 g/mol. The van der Waals surface area contributed by atoms with Crippen LogP contribution in [0.3, 0.4) is 0 Å². The van der Waals surface area contributed by atoms with Crippen molar-refractivity contribution in [1.29, 1.82) is 0 Å². The first-order valence-corrected chi connectivity index (χ1v) is 7.24. The first-order valence-electron chi connectivity index (χ1n) is 6.42. The summed E-state index contributed by atoms with van der Waals surface area (Å²) in [6.07, 6.45) is 0. The normalized spacial score (nSPS) is 10.7. The smallest absolute Gasteiger partial charge is 0.266 e. The van der Waals surface area contributed by atoms with Crippen LogP contribution in [0.25, 0.3) is 16.6 Å². The third kappa shape index (κ3) is 2.60. The van der Waals surface area contributed by atoms with Crippen LogP contribution < -0.4 is 5.56 Å². The fourth-order valence-corrected chi connectivity index (χ4v) is 2.79. The standard InChI is InChI=1S/C16H12N2O2S/c1-11(19)21-16-17-14-10-6-5-9-13(14)15(20)18(16)12-7-3-2-4-8-12/h2-10H,1H3. The Labute approximate surface area is 125 Å². The van der Waals surface area contributed by atoms with Gasteiger partial charge in [0.25, 0.3) is 5.56 Å². The summed E-state index contributed by atoms with van der Waals surface area (Å²) in [6, 6.07) is 16.4. The van der Waals surface area contributed by atoms with Gasteiger partial charge >= 0.3 is 0 Å². The van der Waals surface area contributed by atoms with Gasteiger partial charge in [0.15, 0.2) is 10.3 Å². The highest BCUT2D eigenvalue weighted by Gasteiger charge is 2.14. The number of nitrogens with zero attached hydrogens (tertiary/aromatic N) is 2. The van der Waals surface area contributed by atoms with Crippen molar-refractivity contribution in [2.75, 3.05) is 0 Å². The van der Waals surface area contributed by atoms with E-state index in [-0.39, 0.29) is 10.7 Å². The predicted molar refractivity (Wildman–Crippen MR) is 83.9 cm³/mol. The zero-order chi connectivity index (χ0) is 14.8. The molecule has 0 saturated heterocycles. The van der Waals surface area contributed by atoms with Crippen molar-refractivity contribution in [3.63, 3.8) is 0 Å². The van der Waals surface area contributed by atoms with Gasteiger partial charge in [0.2, 0.25) is 0 Å². The Morgan fingerprint density at radius 3 is 2.43 bits per heavy atom. The van der Waals surface area contributed by atoms with Crippen molar-refractivity contribution >= 4 is 27.8 Å². The van der Waals surface area contributed by atoms with Crippen molar-refractivity contribution in [2.45, 2.75) is 12.1 Å². The van der Waals surface area contributed by atoms with Gasteiger partial charge in [0.05, 0.1) is 16.6 Å². The van der Waals surface area contributed by atoms with Gasteiger partial charge in [-0.05, 0) is 36.0 Å². The number of fused-ring (bicyclic) bond motifs is 1. The molecule has 1 heterocycles. The molecule has 3 rings (SSSR count). The van der Waals surface area contributed by atoms with Crippen molar-refractivity contribution in [3.05, 3.63) is 65.0 Å². The summed E-state index contributed by atoms with van der Waals surface area (Å²) < 4.78 is 1.48. The van der Waals surface area contributed by atoms with E-state index in [9.17, 15) is 9.59 Å². The van der Waals surface area contributed by atoms with Crippen LogP contribution in [-0.4, -0.2) is 14.7 Å². The molecule has 0 spiro atoms. The lowest BCUT2D eigenvalue weighted by Crippen LogP contribution is -2.22. The maximum atomic E-state index is 12.7. The average molecular weight is 296 g/mol. The van der Waals surface area contributed by atoms with Crippen LogP contribution in [0.1, 0.15) is 6.92 Å². The molecule has 0 saturated carbocycles. The van der Waals surface area contributed by atoms with E-state index in [4.69, 9.17) is 0 Å². The molecule has 0 amide bonds. The van der Waals surface area contributed by atoms with E-state index >= 15 is 0 Å². The third-order valence-electron chi connectivity index (χ3n) is 2.99. The number of hydrogen-bond acceptors (Lipinski definition) is 4.